The van der Waals surface area contributed by atoms with Crippen LogP contribution in [-0.4, -0.2) is 48.7 Å². The van der Waals surface area contributed by atoms with E-state index in [0.717, 1.165) is 37.9 Å². The molecular formula is C15H28N6. The molecule has 118 valence electrons. The van der Waals surface area contributed by atoms with Crippen molar-refractivity contribution in [3.05, 3.63) is 0 Å². The van der Waals surface area contributed by atoms with Gasteiger partial charge in [0, 0.05) is 33.7 Å². The molecule has 0 aromatic carbocycles. The third-order valence-corrected chi connectivity index (χ3v) is 4.16. The number of aromatic nitrogens is 3. The lowest BCUT2D eigenvalue weighted by Gasteiger charge is -2.35. The Hall–Kier alpha value is -1.59. The Morgan fingerprint density at radius 1 is 1.19 bits per heavy atom. The topological polar surface area (TPSA) is 57.2 Å². The van der Waals surface area contributed by atoms with Crippen molar-refractivity contribution < 1.29 is 0 Å². The van der Waals surface area contributed by atoms with E-state index in [-0.39, 0.29) is 0 Å². The normalized spacial score (nSPS) is 22.2. The fraction of sp³-hybridized carbons (Fsp3) is 0.800. The fourth-order valence-electron chi connectivity index (χ4n) is 2.46. The molecule has 1 aliphatic rings. The second kappa shape index (κ2) is 6.91. The van der Waals surface area contributed by atoms with Crippen molar-refractivity contribution in [1.82, 2.24) is 15.0 Å². The third kappa shape index (κ3) is 3.95. The first-order valence-corrected chi connectivity index (χ1v) is 7.93. The zero-order valence-corrected chi connectivity index (χ0v) is 13.9. The summed E-state index contributed by atoms with van der Waals surface area (Å²) in [6.45, 7) is 9.69. The van der Waals surface area contributed by atoms with Crippen molar-refractivity contribution >= 4 is 17.8 Å². The molecule has 1 aliphatic heterocycles. The summed E-state index contributed by atoms with van der Waals surface area (Å²) in [6.07, 6.45) is 2.25. The third-order valence-electron chi connectivity index (χ3n) is 4.16. The number of anilines is 3. The van der Waals surface area contributed by atoms with Gasteiger partial charge in [0.15, 0.2) is 0 Å². The Morgan fingerprint density at radius 3 is 2.57 bits per heavy atom. The number of hydrogen-bond donors (Lipinski definition) is 1. The van der Waals surface area contributed by atoms with E-state index in [9.17, 15) is 0 Å². The number of piperidine rings is 1. The molecule has 1 N–H and O–H groups in total. The predicted octanol–water partition coefficient (Wildman–Crippen LogP) is 2.24. The van der Waals surface area contributed by atoms with Crippen molar-refractivity contribution in [3.63, 3.8) is 0 Å². The average Bonchev–Trinajstić information content (AvgIpc) is 2.47. The second-order valence-electron chi connectivity index (χ2n) is 6.27. The van der Waals surface area contributed by atoms with Crippen molar-refractivity contribution in [3.8, 4) is 0 Å². The zero-order chi connectivity index (χ0) is 15.4. The summed E-state index contributed by atoms with van der Waals surface area (Å²) in [5.74, 6) is 3.63. The Morgan fingerprint density at radius 2 is 1.95 bits per heavy atom. The zero-order valence-electron chi connectivity index (χ0n) is 13.9. The summed E-state index contributed by atoms with van der Waals surface area (Å²) in [5, 5.41) is 3.27. The maximum atomic E-state index is 4.61. The molecule has 2 unspecified atom stereocenters. The molecule has 1 aromatic heterocycles. The molecule has 1 aromatic rings. The van der Waals surface area contributed by atoms with E-state index in [0.29, 0.717) is 17.8 Å². The van der Waals surface area contributed by atoms with Crippen molar-refractivity contribution in [2.75, 3.05) is 48.8 Å². The van der Waals surface area contributed by atoms with Gasteiger partial charge in [0.05, 0.1) is 0 Å². The molecule has 6 heteroatoms. The van der Waals surface area contributed by atoms with Crippen LogP contribution in [0.5, 0.6) is 0 Å². The van der Waals surface area contributed by atoms with E-state index < -0.39 is 0 Å². The van der Waals surface area contributed by atoms with Gasteiger partial charge in [-0.2, -0.15) is 15.0 Å². The van der Waals surface area contributed by atoms with Gasteiger partial charge >= 0.3 is 0 Å². The van der Waals surface area contributed by atoms with E-state index in [1.54, 1.807) is 0 Å². The van der Waals surface area contributed by atoms with Crippen molar-refractivity contribution in [1.29, 1.82) is 0 Å². The number of nitrogens with zero attached hydrogens (tertiary/aromatic N) is 5. The van der Waals surface area contributed by atoms with Crippen LogP contribution in [0.25, 0.3) is 0 Å². The van der Waals surface area contributed by atoms with Crippen LogP contribution in [0.3, 0.4) is 0 Å². The highest BCUT2D eigenvalue weighted by molar-refractivity contribution is 5.44. The molecule has 21 heavy (non-hydrogen) atoms. The van der Waals surface area contributed by atoms with Crippen LogP contribution in [0.15, 0.2) is 0 Å². The quantitative estimate of drug-likeness (QED) is 0.898. The Bertz CT molecular complexity index is 461. The second-order valence-corrected chi connectivity index (χ2v) is 6.27. The molecule has 0 bridgehead atoms. The van der Waals surface area contributed by atoms with Gasteiger partial charge in [-0.05, 0) is 24.7 Å². The van der Waals surface area contributed by atoms with Gasteiger partial charge in [-0.15, -0.1) is 0 Å². The minimum atomic E-state index is 0.672. The minimum Gasteiger partial charge on any atom is -0.354 e. The van der Waals surface area contributed by atoms with E-state index in [1.165, 1.54) is 6.42 Å². The Labute approximate surface area is 128 Å². The van der Waals surface area contributed by atoms with Gasteiger partial charge in [0.1, 0.15) is 0 Å². The molecule has 6 nitrogen and oxygen atoms in total. The van der Waals surface area contributed by atoms with Gasteiger partial charge in [-0.1, -0.05) is 20.8 Å². The molecule has 1 fully saturated rings. The first-order chi connectivity index (χ1) is 10.0. The van der Waals surface area contributed by atoms with Gasteiger partial charge in [-0.25, -0.2) is 0 Å². The molecule has 1 saturated heterocycles. The highest BCUT2D eigenvalue weighted by atomic mass is 15.4. The largest absolute Gasteiger partial charge is 0.354 e. The number of rotatable bonds is 5. The summed E-state index contributed by atoms with van der Waals surface area (Å²) in [5.41, 5.74) is 0. The monoisotopic (exact) mass is 292 g/mol. The predicted molar refractivity (Wildman–Crippen MR) is 88.1 cm³/mol. The molecule has 0 saturated carbocycles. The van der Waals surface area contributed by atoms with Crippen LogP contribution in [0, 0.1) is 11.8 Å². The molecule has 2 heterocycles. The maximum absolute atomic E-state index is 4.61. The number of nitrogens with one attached hydrogen (secondary N) is 1. The molecular weight excluding hydrogens is 264 g/mol. The molecule has 0 spiro atoms. The molecule has 2 rings (SSSR count). The van der Waals surface area contributed by atoms with E-state index in [1.807, 2.05) is 19.0 Å². The lowest BCUT2D eigenvalue weighted by atomic mass is 9.89. The lowest BCUT2D eigenvalue weighted by molar-refractivity contribution is 0.321. The summed E-state index contributed by atoms with van der Waals surface area (Å²) in [7, 11) is 3.92. The molecule has 0 radical (unpaired) electrons. The van der Waals surface area contributed by atoms with E-state index in [4.69, 9.17) is 0 Å². The van der Waals surface area contributed by atoms with Crippen LogP contribution < -0.4 is 15.1 Å². The van der Waals surface area contributed by atoms with Crippen molar-refractivity contribution in [2.45, 2.75) is 33.6 Å². The van der Waals surface area contributed by atoms with Crippen LogP contribution in [-0.2, 0) is 0 Å². The van der Waals surface area contributed by atoms with Gasteiger partial charge in [-0.3, -0.25) is 0 Å². The standard InChI is InChI=1S/C15H28N6/c1-6-8-16-13-17-14(20(4)5)19-15(18-13)21-9-7-11(2)12(3)10-21/h11-12H,6-10H2,1-5H3,(H,16,17,18,19). The van der Waals surface area contributed by atoms with Gasteiger partial charge in [0.25, 0.3) is 0 Å². The Balaban J connectivity index is 2.22. The van der Waals surface area contributed by atoms with E-state index in [2.05, 4.69) is 45.9 Å². The van der Waals surface area contributed by atoms with Crippen LogP contribution in [0.1, 0.15) is 33.6 Å². The summed E-state index contributed by atoms with van der Waals surface area (Å²) in [6, 6.07) is 0. The molecule has 2 atom stereocenters. The average molecular weight is 292 g/mol. The molecule has 0 aliphatic carbocycles. The van der Waals surface area contributed by atoms with Crippen LogP contribution in [0.2, 0.25) is 0 Å². The van der Waals surface area contributed by atoms with Crippen LogP contribution in [0.4, 0.5) is 17.8 Å². The highest BCUT2D eigenvalue weighted by Gasteiger charge is 2.25. The SMILES string of the molecule is CCCNc1nc(N(C)C)nc(N2CCC(C)C(C)C2)n1. The highest BCUT2D eigenvalue weighted by Crippen LogP contribution is 2.26. The van der Waals surface area contributed by atoms with E-state index >= 15 is 0 Å². The van der Waals surface area contributed by atoms with Crippen molar-refractivity contribution in [2.24, 2.45) is 11.8 Å². The smallest absolute Gasteiger partial charge is 0.231 e. The minimum absolute atomic E-state index is 0.672. The first-order valence-electron chi connectivity index (χ1n) is 7.93. The maximum Gasteiger partial charge on any atom is 0.231 e. The van der Waals surface area contributed by atoms with Gasteiger partial charge in [0.2, 0.25) is 17.8 Å². The fourth-order valence-corrected chi connectivity index (χ4v) is 2.46. The summed E-state index contributed by atoms with van der Waals surface area (Å²) >= 11 is 0. The number of hydrogen-bond acceptors (Lipinski definition) is 6. The molecule has 0 amide bonds. The van der Waals surface area contributed by atoms with Gasteiger partial charge < -0.3 is 15.1 Å². The lowest BCUT2D eigenvalue weighted by Crippen LogP contribution is -2.39. The van der Waals surface area contributed by atoms with Crippen LogP contribution >= 0.6 is 0 Å². The summed E-state index contributed by atoms with van der Waals surface area (Å²) < 4.78 is 0. The summed E-state index contributed by atoms with van der Waals surface area (Å²) in [4.78, 5) is 17.9. The first kappa shape index (κ1) is 15.8. The Kier molecular flexibility index (Phi) is 5.20.